The Labute approximate surface area is 196 Å². The fourth-order valence-corrected chi connectivity index (χ4v) is 3.48. The summed E-state index contributed by atoms with van der Waals surface area (Å²) in [7, 11) is 2.70. The Bertz CT molecular complexity index is 1220. The fraction of sp³-hybridized carbons (Fsp3) is 0.292. The number of ether oxygens (including phenoxy) is 4. The van der Waals surface area contributed by atoms with Gasteiger partial charge in [0, 0.05) is 24.6 Å². The molecule has 0 saturated carbocycles. The minimum absolute atomic E-state index is 0.0385. The number of carbonyl (C=O) groups excluding carboxylic acids is 1. The molecule has 3 aromatic rings. The summed E-state index contributed by atoms with van der Waals surface area (Å²) < 4.78 is 21.3. The highest BCUT2D eigenvalue weighted by atomic mass is 16.5. The maximum atomic E-state index is 11.8. The second kappa shape index (κ2) is 10.6. The van der Waals surface area contributed by atoms with E-state index in [1.165, 1.54) is 14.2 Å². The van der Waals surface area contributed by atoms with Gasteiger partial charge in [0.1, 0.15) is 29.3 Å². The van der Waals surface area contributed by atoms with Crippen molar-refractivity contribution in [3.8, 4) is 29.0 Å². The zero-order valence-corrected chi connectivity index (χ0v) is 18.8. The van der Waals surface area contributed by atoms with Crippen LogP contribution in [-0.4, -0.2) is 54.5 Å². The number of aromatic nitrogens is 3. The molecule has 1 aliphatic heterocycles. The molecule has 0 aliphatic carbocycles. The van der Waals surface area contributed by atoms with Crippen LogP contribution in [0.15, 0.2) is 42.6 Å². The molecule has 4 rings (SSSR count). The molecule has 10 nitrogen and oxygen atoms in total. The summed E-state index contributed by atoms with van der Waals surface area (Å²) in [5, 5.41) is 12.6. The van der Waals surface area contributed by atoms with E-state index in [2.05, 4.69) is 26.3 Å². The normalized spacial score (nSPS) is 13.6. The van der Waals surface area contributed by atoms with Crippen molar-refractivity contribution in [2.24, 2.45) is 0 Å². The molecule has 1 aliphatic rings. The second-order valence-corrected chi connectivity index (χ2v) is 7.39. The van der Waals surface area contributed by atoms with Crippen LogP contribution in [0.3, 0.4) is 0 Å². The highest BCUT2D eigenvalue weighted by Crippen LogP contribution is 2.28. The fourth-order valence-electron chi connectivity index (χ4n) is 3.48. The minimum atomic E-state index is -0.549. The van der Waals surface area contributed by atoms with Crippen LogP contribution in [0.5, 0.6) is 11.6 Å². The summed E-state index contributed by atoms with van der Waals surface area (Å²) in [6.45, 7) is 1.32. The summed E-state index contributed by atoms with van der Waals surface area (Å²) in [6, 6.07) is 12.5. The second-order valence-electron chi connectivity index (χ2n) is 7.39. The van der Waals surface area contributed by atoms with Gasteiger partial charge >= 0.3 is 5.97 Å². The molecule has 1 N–H and O–H groups in total. The Morgan fingerprint density at radius 1 is 1.15 bits per heavy atom. The molecule has 1 fully saturated rings. The van der Waals surface area contributed by atoms with Crippen molar-refractivity contribution >= 4 is 17.7 Å². The number of nitrogens with one attached hydrogen (secondary N) is 1. The van der Waals surface area contributed by atoms with Crippen molar-refractivity contribution in [2.75, 3.05) is 32.8 Å². The first-order valence-electron chi connectivity index (χ1n) is 10.6. The zero-order chi connectivity index (χ0) is 23.9. The van der Waals surface area contributed by atoms with Crippen LogP contribution in [0.4, 0.5) is 11.8 Å². The van der Waals surface area contributed by atoms with Crippen molar-refractivity contribution in [3.05, 3.63) is 53.7 Å². The van der Waals surface area contributed by atoms with Gasteiger partial charge in [0.2, 0.25) is 11.8 Å². The van der Waals surface area contributed by atoms with Crippen molar-refractivity contribution < 1.29 is 23.7 Å². The Morgan fingerprint density at radius 3 is 2.71 bits per heavy atom. The summed E-state index contributed by atoms with van der Waals surface area (Å²) >= 11 is 0. The molecule has 0 unspecified atom stereocenters. The highest BCUT2D eigenvalue weighted by molar-refractivity contribution is 5.92. The number of nitrogens with zero attached hydrogens (tertiary/aromatic N) is 4. The molecule has 34 heavy (non-hydrogen) atoms. The van der Waals surface area contributed by atoms with Crippen LogP contribution >= 0.6 is 0 Å². The number of hydrogen-bond donors (Lipinski definition) is 1. The van der Waals surface area contributed by atoms with Crippen LogP contribution in [-0.2, 0) is 9.47 Å². The molecule has 1 saturated heterocycles. The van der Waals surface area contributed by atoms with Crippen LogP contribution < -0.4 is 14.8 Å². The van der Waals surface area contributed by atoms with Gasteiger partial charge in [0.05, 0.1) is 38.7 Å². The van der Waals surface area contributed by atoms with E-state index in [1.54, 1.807) is 36.5 Å². The third kappa shape index (κ3) is 5.22. The molecule has 10 heteroatoms. The molecule has 0 spiro atoms. The number of methoxy groups -OCH3 is 2. The predicted octanol–water partition coefficient (Wildman–Crippen LogP) is 3.51. The summed E-state index contributed by atoms with van der Waals surface area (Å²) in [5.74, 6) is 0.796. The van der Waals surface area contributed by atoms with Crippen molar-refractivity contribution in [1.82, 2.24) is 15.0 Å². The maximum absolute atomic E-state index is 11.8. The number of carbonyl (C=O) groups is 1. The highest BCUT2D eigenvalue weighted by Gasteiger charge is 2.18. The van der Waals surface area contributed by atoms with Gasteiger partial charge in [0.25, 0.3) is 0 Å². The maximum Gasteiger partial charge on any atom is 0.343 e. The largest absolute Gasteiger partial charge is 0.489 e. The molecule has 0 atom stereocenters. The average molecular weight is 461 g/mol. The molecule has 1 aromatic carbocycles. The van der Waals surface area contributed by atoms with E-state index >= 15 is 0 Å². The first-order valence-corrected chi connectivity index (χ1v) is 10.6. The molecule has 0 bridgehead atoms. The average Bonchev–Trinajstić information content (AvgIpc) is 2.89. The van der Waals surface area contributed by atoms with Gasteiger partial charge in [-0.3, -0.25) is 0 Å². The van der Waals surface area contributed by atoms with Crippen molar-refractivity contribution in [2.45, 2.75) is 18.9 Å². The van der Waals surface area contributed by atoms with Crippen LogP contribution in [0.25, 0.3) is 11.3 Å². The summed E-state index contributed by atoms with van der Waals surface area (Å²) in [5.41, 5.74) is 2.00. The molecular weight excluding hydrogens is 438 g/mol. The van der Waals surface area contributed by atoms with E-state index in [1.807, 2.05) is 6.07 Å². The minimum Gasteiger partial charge on any atom is -0.489 e. The number of esters is 1. The van der Waals surface area contributed by atoms with Gasteiger partial charge in [-0.05, 0) is 36.4 Å². The topological polar surface area (TPSA) is 128 Å². The Morgan fingerprint density at radius 2 is 1.97 bits per heavy atom. The lowest BCUT2D eigenvalue weighted by Crippen LogP contribution is -2.26. The van der Waals surface area contributed by atoms with E-state index in [-0.39, 0.29) is 17.5 Å². The van der Waals surface area contributed by atoms with Gasteiger partial charge in [-0.25, -0.2) is 14.8 Å². The van der Waals surface area contributed by atoms with E-state index < -0.39 is 5.97 Å². The standard InChI is InChI=1S/C24H23N5O5/c1-31-22-18(23(30)32-2)4-6-21(28-22)29-24-26-10-7-19(27-24)15-3-5-20(16(13-15)14-25)34-17-8-11-33-12-9-17/h3-7,10,13,17H,8-9,11-12H2,1-2H3,(H,26,27,28,29). The number of anilines is 2. The Kier molecular flexibility index (Phi) is 7.15. The SMILES string of the molecule is COC(=O)c1ccc(Nc2nccc(-c3ccc(OC4CCOCC4)c(C#N)c3)n2)nc1OC. The first-order chi connectivity index (χ1) is 16.6. The van der Waals surface area contributed by atoms with Gasteiger partial charge in [-0.1, -0.05) is 0 Å². The number of benzene rings is 1. The van der Waals surface area contributed by atoms with Crippen molar-refractivity contribution in [3.63, 3.8) is 0 Å². The van der Waals surface area contributed by atoms with Crippen LogP contribution in [0.2, 0.25) is 0 Å². The number of rotatable bonds is 7. The van der Waals surface area contributed by atoms with Crippen molar-refractivity contribution in [1.29, 1.82) is 5.26 Å². The lowest BCUT2D eigenvalue weighted by molar-refractivity contribution is 0.0254. The lowest BCUT2D eigenvalue weighted by Gasteiger charge is -2.23. The van der Waals surface area contributed by atoms with E-state index in [9.17, 15) is 10.1 Å². The molecule has 3 heterocycles. The van der Waals surface area contributed by atoms with Gasteiger partial charge < -0.3 is 24.3 Å². The Balaban J connectivity index is 1.54. The van der Waals surface area contributed by atoms with E-state index in [0.717, 1.165) is 18.4 Å². The third-order valence-corrected chi connectivity index (χ3v) is 5.21. The third-order valence-electron chi connectivity index (χ3n) is 5.21. The summed E-state index contributed by atoms with van der Waals surface area (Å²) in [6.07, 6.45) is 3.24. The monoisotopic (exact) mass is 461 g/mol. The van der Waals surface area contributed by atoms with Gasteiger partial charge in [0.15, 0.2) is 0 Å². The summed E-state index contributed by atoms with van der Waals surface area (Å²) in [4.78, 5) is 24.9. The van der Waals surface area contributed by atoms with Crippen LogP contribution in [0, 0.1) is 11.3 Å². The zero-order valence-electron chi connectivity index (χ0n) is 18.8. The molecule has 2 aromatic heterocycles. The molecule has 174 valence electrons. The van der Waals surface area contributed by atoms with E-state index in [4.69, 9.17) is 18.9 Å². The smallest absolute Gasteiger partial charge is 0.343 e. The molecular formula is C24H23N5O5. The quantitative estimate of drug-likeness (QED) is 0.522. The first kappa shape index (κ1) is 22.9. The number of hydrogen-bond acceptors (Lipinski definition) is 10. The Hall–Kier alpha value is -4.23. The number of nitriles is 1. The molecule has 0 amide bonds. The van der Waals surface area contributed by atoms with E-state index in [0.29, 0.717) is 42.0 Å². The lowest BCUT2D eigenvalue weighted by atomic mass is 10.1. The number of pyridine rings is 1. The van der Waals surface area contributed by atoms with Crippen LogP contribution in [0.1, 0.15) is 28.8 Å². The van der Waals surface area contributed by atoms with Gasteiger partial charge in [-0.15, -0.1) is 0 Å². The van der Waals surface area contributed by atoms with Gasteiger partial charge in [-0.2, -0.15) is 10.2 Å². The molecule has 0 radical (unpaired) electrons. The predicted molar refractivity (Wildman–Crippen MR) is 122 cm³/mol.